The molecule has 0 aromatic heterocycles. The predicted molar refractivity (Wildman–Crippen MR) is 82.3 cm³/mol. The molecule has 3 N–H and O–H groups in total. The number of anilines is 2. The number of hydrogen-bond donors (Lipinski definition) is 2. The maximum atomic E-state index is 13.4. The highest BCUT2D eigenvalue weighted by Gasteiger charge is 2.14. The molecule has 0 saturated heterocycles. The Hall–Kier alpha value is -1.88. The van der Waals surface area contributed by atoms with Crippen LogP contribution >= 0.6 is 15.9 Å². The van der Waals surface area contributed by atoms with Crippen molar-refractivity contribution in [2.45, 2.75) is 13.3 Å². The normalized spacial score (nSPS) is 10.3. The summed E-state index contributed by atoms with van der Waals surface area (Å²) in [5.74, 6) is -1.01. The average molecular weight is 337 g/mol. The first-order valence-electron chi connectivity index (χ1n) is 6.16. The molecule has 0 radical (unpaired) electrons. The van der Waals surface area contributed by atoms with Crippen LogP contribution in [0.15, 0.2) is 40.9 Å². The van der Waals surface area contributed by atoms with Gasteiger partial charge in [-0.2, -0.15) is 0 Å². The van der Waals surface area contributed by atoms with Crippen molar-refractivity contribution in [2.24, 2.45) is 0 Å². The fourth-order valence-corrected chi connectivity index (χ4v) is 2.31. The molecule has 0 heterocycles. The molecule has 0 aliphatic carbocycles. The number of nitrogen functional groups attached to an aromatic ring is 1. The molecule has 0 atom stereocenters. The number of halogens is 2. The molecule has 0 unspecified atom stereocenters. The van der Waals surface area contributed by atoms with Gasteiger partial charge in [0.2, 0.25) is 0 Å². The Labute approximate surface area is 125 Å². The number of hydrogen-bond acceptors (Lipinski definition) is 2. The number of amides is 1. The van der Waals surface area contributed by atoms with E-state index in [2.05, 4.69) is 21.2 Å². The first kappa shape index (κ1) is 14.5. The van der Waals surface area contributed by atoms with Crippen LogP contribution in [-0.2, 0) is 6.42 Å². The lowest BCUT2D eigenvalue weighted by atomic mass is 10.1. The zero-order chi connectivity index (χ0) is 14.7. The van der Waals surface area contributed by atoms with E-state index in [9.17, 15) is 9.18 Å². The highest BCUT2D eigenvalue weighted by atomic mass is 79.9. The minimum Gasteiger partial charge on any atom is -0.396 e. The molecule has 1 amide bonds. The molecule has 0 bridgehead atoms. The van der Waals surface area contributed by atoms with Gasteiger partial charge in [0.1, 0.15) is 5.82 Å². The lowest BCUT2D eigenvalue weighted by Gasteiger charge is -2.11. The molecule has 0 fully saturated rings. The Morgan fingerprint density at radius 1 is 1.35 bits per heavy atom. The fourth-order valence-electron chi connectivity index (χ4n) is 1.90. The molecule has 2 aromatic rings. The van der Waals surface area contributed by atoms with Gasteiger partial charge in [-0.05, 0) is 42.3 Å². The van der Waals surface area contributed by atoms with Crippen molar-refractivity contribution < 1.29 is 9.18 Å². The van der Waals surface area contributed by atoms with Gasteiger partial charge in [-0.1, -0.05) is 28.9 Å². The van der Waals surface area contributed by atoms with Crippen molar-refractivity contribution in [1.29, 1.82) is 0 Å². The molecular weight excluding hydrogens is 323 g/mol. The van der Waals surface area contributed by atoms with Crippen molar-refractivity contribution in [3.63, 3.8) is 0 Å². The Morgan fingerprint density at radius 3 is 2.80 bits per heavy atom. The van der Waals surface area contributed by atoms with Crippen molar-refractivity contribution >= 4 is 33.2 Å². The molecule has 104 valence electrons. The van der Waals surface area contributed by atoms with Crippen LogP contribution < -0.4 is 11.1 Å². The molecule has 0 spiro atoms. The Bertz CT molecular complexity index is 658. The van der Waals surface area contributed by atoms with E-state index >= 15 is 0 Å². The van der Waals surface area contributed by atoms with Crippen LogP contribution in [0.1, 0.15) is 22.8 Å². The van der Waals surface area contributed by atoms with E-state index in [1.54, 1.807) is 6.07 Å². The quantitative estimate of drug-likeness (QED) is 0.832. The number of para-hydroxylation sites is 1. The minimum absolute atomic E-state index is 0.134. The zero-order valence-electron chi connectivity index (χ0n) is 10.9. The summed E-state index contributed by atoms with van der Waals surface area (Å²) in [5.41, 5.74) is 7.27. The first-order chi connectivity index (χ1) is 9.52. The van der Waals surface area contributed by atoms with E-state index < -0.39 is 11.7 Å². The van der Waals surface area contributed by atoms with Gasteiger partial charge >= 0.3 is 0 Å². The van der Waals surface area contributed by atoms with E-state index in [4.69, 9.17) is 5.73 Å². The largest absolute Gasteiger partial charge is 0.396 e. The molecular formula is C15H14BrFN2O. The van der Waals surface area contributed by atoms with Gasteiger partial charge in [-0.25, -0.2) is 4.39 Å². The number of benzene rings is 2. The third-order valence-electron chi connectivity index (χ3n) is 2.99. The second-order valence-corrected chi connectivity index (χ2v) is 5.23. The number of rotatable bonds is 3. The lowest BCUT2D eigenvalue weighted by Crippen LogP contribution is -2.15. The van der Waals surface area contributed by atoms with Crippen molar-refractivity contribution in [1.82, 2.24) is 0 Å². The number of nitrogens with two attached hydrogens (primary N) is 1. The number of nitrogens with one attached hydrogen (secondary N) is 1. The molecule has 0 aliphatic heterocycles. The summed E-state index contributed by atoms with van der Waals surface area (Å²) in [5, 5.41) is 2.77. The van der Waals surface area contributed by atoms with Crippen molar-refractivity contribution in [3.05, 3.63) is 57.8 Å². The van der Waals surface area contributed by atoms with Gasteiger partial charge in [0.05, 0.1) is 11.3 Å². The minimum atomic E-state index is -0.593. The van der Waals surface area contributed by atoms with Crippen LogP contribution in [0.4, 0.5) is 15.8 Å². The standard InChI is InChI=1S/C15H14BrFN2O/c1-2-9-8-10(16)6-7-13(9)19-15(20)11-4-3-5-12(17)14(11)18/h3-8H,2,18H2,1H3,(H,19,20). The van der Waals surface area contributed by atoms with E-state index in [-0.39, 0.29) is 11.3 Å². The average Bonchev–Trinajstić information content (AvgIpc) is 2.43. The molecule has 5 heteroatoms. The number of aryl methyl sites for hydroxylation is 1. The van der Waals surface area contributed by atoms with E-state index in [0.717, 1.165) is 16.5 Å². The highest BCUT2D eigenvalue weighted by Crippen LogP contribution is 2.23. The van der Waals surface area contributed by atoms with E-state index in [1.165, 1.54) is 18.2 Å². The molecule has 0 aliphatic rings. The number of carbonyl (C=O) groups excluding carboxylic acids is 1. The molecule has 2 aromatic carbocycles. The molecule has 20 heavy (non-hydrogen) atoms. The fraction of sp³-hybridized carbons (Fsp3) is 0.133. The summed E-state index contributed by atoms with van der Waals surface area (Å²) in [4.78, 5) is 12.2. The Morgan fingerprint density at radius 2 is 2.10 bits per heavy atom. The topological polar surface area (TPSA) is 55.1 Å². The van der Waals surface area contributed by atoms with E-state index in [0.29, 0.717) is 5.69 Å². The first-order valence-corrected chi connectivity index (χ1v) is 6.96. The SMILES string of the molecule is CCc1cc(Br)ccc1NC(=O)c1cccc(F)c1N. The van der Waals surface area contributed by atoms with Gasteiger partial charge in [-0.15, -0.1) is 0 Å². The van der Waals surface area contributed by atoms with Crippen molar-refractivity contribution in [3.8, 4) is 0 Å². The van der Waals surface area contributed by atoms with Gasteiger partial charge < -0.3 is 11.1 Å². The third-order valence-corrected chi connectivity index (χ3v) is 3.49. The summed E-state index contributed by atoms with van der Waals surface area (Å²) in [7, 11) is 0. The van der Waals surface area contributed by atoms with Gasteiger partial charge in [0, 0.05) is 10.2 Å². The molecule has 2 rings (SSSR count). The predicted octanol–water partition coefficient (Wildman–Crippen LogP) is 3.99. The van der Waals surface area contributed by atoms with Gasteiger partial charge in [0.15, 0.2) is 0 Å². The summed E-state index contributed by atoms with van der Waals surface area (Å²) >= 11 is 3.39. The van der Waals surface area contributed by atoms with Gasteiger partial charge in [0.25, 0.3) is 5.91 Å². The van der Waals surface area contributed by atoms with Crippen LogP contribution in [0.2, 0.25) is 0 Å². The lowest BCUT2D eigenvalue weighted by molar-refractivity contribution is 0.102. The number of carbonyl (C=O) groups is 1. The van der Waals surface area contributed by atoms with Crippen LogP contribution in [0, 0.1) is 5.82 Å². The van der Waals surface area contributed by atoms with Crippen molar-refractivity contribution in [2.75, 3.05) is 11.1 Å². The monoisotopic (exact) mass is 336 g/mol. The molecule has 0 saturated carbocycles. The summed E-state index contributed by atoms with van der Waals surface area (Å²) in [6, 6.07) is 9.76. The van der Waals surface area contributed by atoms with Crippen LogP contribution in [-0.4, -0.2) is 5.91 Å². The third kappa shape index (κ3) is 2.99. The van der Waals surface area contributed by atoms with Gasteiger partial charge in [-0.3, -0.25) is 4.79 Å². The smallest absolute Gasteiger partial charge is 0.257 e. The maximum Gasteiger partial charge on any atom is 0.257 e. The second kappa shape index (κ2) is 6.05. The second-order valence-electron chi connectivity index (χ2n) is 4.31. The Balaban J connectivity index is 2.30. The van der Waals surface area contributed by atoms with Crippen LogP contribution in [0.5, 0.6) is 0 Å². The van der Waals surface area contributed by atoms with Crippen LogP contribution in [0.25, 0.3) is 0 Å². The van der Waals surface area contributed by atoms with E-state index in [1.807, 2.05) is 19.1 Å². The Kier molecular flexibility index (Phi) is 4.39. The summed E-state index contributed by atoms with van der Waals surface area (Å²) in [6.45, 7) is 1.99. The van der Waals surface area contributed by atoms with Crippen LogP contribution in [0.3, 0.4) is 0 Å². The summed E-state index contributed by atoms with van der Waals surface area (Å²) < 4.78 is 14.3. The highest BCUT2D eigenvalue weighted by molar-refractivity contribution is 9.10. The zero-order valence-corrected chi connectivity index (χ0v) is 12.5. The molecule has 3 nitrogen and oxygen atoms in total. The maximum absolute atomic E-state index is 13.4. The summed E-state index contributed by atoms with van der Waals surface area (Å²) in [6.07, 6.45) is 0.772.